The topological polar surface area (TPSA) is 71.3 Å². The number of hydrogen-bond acceptors (Lipinski definition) is 4. The lowest BCUT2D eigenvalue weighted by Gasteiger charge is -2.30. The summed E-state index contributed by atoms with van der Waals surface area (Å²) in [5.74, 6) is 0.436. The molecule has 0 unspecified atom stereocenters. The highest BCUT2D eigenvalue weighted by Crippen LogP contribution is 2.30. The number of rotatable bonds is 4. The highest BCUT2D eigenvalue weighted by Gasteiger charge is 2.34. The van der Waals surface area contributed by atoms with Gasteiger partial charge < -0.3 is 10.6 Å². The van der Waals surface area contributed by atoms with Gasteiger partial charge in [0.25, 0.3) is 5.91 Å². The Morgan fingerprint density at radius 2 is 1.74 bits per heavy atom. The van der Waals surface area contributed by atoms with Crippen molar-refractivity contribution in [2.45, 2.75) is 58.8 Å². The molecule has 168 valence electrons. The lowest BCUT2D eigenvalue weighted by Crippen LogP contribution is -2.40. The summed E-state index contributed by atoms with van der Waals surface area (Å²) in [4.78, 5) is 19.9. The first-order valence-electron chi connectivity index (χ1n) is 9.43. The molecule has 31 heavy (non-hydrogen) atoms. The van der Waals surface area contributed by atoms with E-state index in [2.05, 4.69) is 20.6 Å². The number of nitrogens with one attached hydrogen (secondary N) is 2. The summed E-state index contributed by atoms with van der Waals surface area (Å²) in [5, 5.41) is 6.35. The summed E-state index contributed by atoms with van der Waals surface area (Å²) >= 11 is 0. The zero-order chi connectivity index (χ0) is 20.4. The maximum atomic E-state index is 13.0. The van der Waals surface area contributed by atoms with Gasteiger partial charge in [0, 0.05) is 30.7 Å². The highest BCUT2D eigenvalue weighted by molar-refractivity contribution is 5.94. The molecule has 3 aromatic rings. The molecule has 3 aromatic heterocycles. The van der Waals surface area contributed by atoms with E-state index in [0.717, 1.165) is 31.9 Å². The lowest BCUT2D eigenvalue weighted by atomic mass is 9.91. The van der Waals surface area contributed by atoms with E-state index in [1.54, 1.807) is 36.5 Å². The first-order valence-corrected chi connectivity index (χ1v) is 9.43. The van der Waals surface area contributed by atoms with Crippen molar-refractivity contribution in [3.63, 3.8) is 0 Å². The molecule has 0 aromatic carbocycles. The Morgan fingerprint density at radius 1 is 1.03 bits per heavy atom. The van der Waals surface area contributed by atoms with Crippen LogP contribution in [0.5, 0.6) is 0 Å². The highest BCUT2D eigenvalue weighted by atomic mass is 19.4. The minimum atomic E-state index is -4.48. The van der Waals surface area contributed by atoms with Crippen LogP contribution in [0, 0.1) is 0 Å². The molecule has 9 heteroatoms. The van der Waals surface area contributed by atoms with Gasteiger partial charge in [-0.1, -0.05) is 20.9 Å². The van der Waals surface area contributed by atoms with E-state index in [4.69, 9.17) is 0 Å². The Morgan fingerprint density at radius 3 is 2.39 bits per heavy atom. The van der Waals surface area contributed by atoms with Crippen LogP contribution in [0.2, 0.25) is 0 Å². The van der Waals surface area contributed by atoms with E-state index in [9.17, 15) is 18.0 Å². The van der Waals surface area contributed by atoms with Crippen molar-refractivity contribution in [2.75, 3.05) is 5.32 Å². The number of amides is 1. The molecule has 4 rings (SSSR count). The van der Waals surface area contributed by atoms with Gasteiger partial charge in [0.05, 0.1) is 5.56 Å². The fourth-order valence-electron chi connectivity index (χ4n) is 3.62. The fourth-order valence-corrected chi connectivity index (χ4v) is 3.62. The second kappa shape index (κ2) is 9.80. The third-order valence-corrected chi connectivity index (χ3v) is 5.12. The summed E-state index contributed by atoms with van der Waals surface area (Å²) in [6.45, 7) is 0. The molecule has 0 saturated heterocycles. The largest absolute Gasteiger partial charge is 0.434 e. The quantitative estimate of drug-likeness (QED) is 0.593. The molecule has 1 aliphatic rings. The van der Waals surface area contributed by atoms with Crippen LogP contribution in [0.3, 0.4) is 0 Å². The van der Waals surface area contributed by atoms with Crippen molar-refractivity contribution in [3.05, 3.63) is 60.2 Å². The minimum absolute atomic E-state index is 0. The number of fused-ring (bicyclic) bond motifs is 1. The summed E-state index contributed by atoms with van der Waals surface area (Å²) in [6.07, 6.45) is 2.86. The molecule has 3 heterocycles. The zero-order valence-electron chi connectivity index (χ0n) is 15.5. The zero-order valence-corrected chi connectivity index (χ0v) is 15.5. The molecule has 1 fully saturated rings. The van der Waals surface area contributed by atoms with Gasteiger partial charge >= 0.3 is 6.18 Å². The van der Waals surface area contributed by atoms with Gasteiger partial charge in [-0.25, -0.2) is 4.98 Å². The number of carbonyl (C=O) groups is 1. The molecule has 2 N–H and O–H groups in total. The molecule has 0 radical (unpaired) electrons. The van der Waals surface area contributed by atoms with E-state index in [1.807, 2.05) is 0 Å². The maximum absolute atomic E-state index is 13.0. The molecular weight excluding hydrogens is 407 g/mol. The number of hydrogen-bond donors (Lipinski definition) is 2. The van der Waals surface area contributed by atoms with Crippen LogP contribution in [-0.4, -0.2) is 32.4 Å². The first kappa shape index (κ1) is 24.2. The Labute approximate surface area is 179 Å². The molecule has 1 aliphatic carbocycles. The minimum Gasteiger partial charge on any atom is -0.368 e. The Hall–Kier alpha value is -3.10. The summed E-state index contributed by atoms with van der Waals surface area (Å²) in [7, 11) is 0. The molecule has 6 nitrogen and oxygen atoms in total. The molecule has 1 saturated carbocycles. The van der Waals surface area contributed by atoms with Crippen LogP contribution in [0.25, 0.3) is 5.65 Å². The van der Waals surface area contributed by atoms with Gasteiger partial charge in [0.1, 0.15) is 11.5 Å². The summed E-state index contributed by atoms with van der Waals surface area (Å²) < 4.78 is 40.3. The van der Waals surface area contributed by atoms with Crippen molar-refractivity contribution < 1.29 is 18.0 Å². The maximum Gasteiger partial charge on any atom is 0.434 e. The van der Waals surface area contributed by atoms with Crippen LogP contribution >= 0.6 is 0 Å². The average molecular weight is 435 g/mol. The van der Waals surface area contributed by atoms with Crippen molar-refractivity contribution >= 4 is 17.4 Å². The van der Waals surface area contributed by atoms with Crippen LogP contribution in [-0.2, 0) is 6.18 Å². The van der Waals surface area contributed by atoms with Crippen molar-refractivity contribution in [1.82, 2.24) is 19.7 Å². The average Bonchev–Trinajstić information content (AvgIpc) is 3.16. The number of anilines is 1. The first-order chi connectivity index (χ1) is 13.9. The van der Waals surface area contributed by atoms with E-state index < -0.39 is 11.9 Å². The van der Waals surface area contributed by atoms with E-state index in [1.165, 1.54) is 10.6 Å². The smallest absolute Gasteiger partial charge is 0.368 e. The van der Waals surface area contributed by atoms with Gasteiger partial charge in [-0.2, -0.15) is 13.2 Å². The number of imidazole rings is 1. The molecule has 0 spiro atoms. The van der Waals surface area contributed by atoms with Crippen molar-refractivity contribution in [3.8, 4) is 0 Å². The van der Waals surface area contributed by atoms with Gasteiger partial charge in [0.2, 0.25) is 0 Å². The number of nitrogens with zero attached hydrogens (tertiary/aromatic N) is 3. The summed E-state index contributed by atoms with van der Waals surface area (Å²) in [6, 6.07) is 8.60. The number of pyridine rings is 2. The molecule has 1 amide bonds. The lowest BCUT2D eigenvalue weighted by molar-refractivity contribution is -0.140. The molecule has 0 aliphatic heterocycles. The SMILES string of the molecule is C.C.O=C(NC1CCC(Nc2cccc3nc(C(F)(F)F)cn23)CC1)c1cccnc1. The Kier molecular flexibility index (Phi) is 7.65. The number of aromatic nitrogens is 3. The molecule has 0 atom stereocenters. The normalized spacial score (nSPS) is 18.5. The van der Waals surface area contributed by atoms with Crippen LogP contribution < -0.4 is 10.6 Å². The molecular formula is C22H28F3N5O. The van der Waals surface area contributed by atoms with Gasteiger partial charge in [-0.15, -0.1) is 0 Å². The second-order valence-electron chi connectivity index (χ2n) is 7.17. The predicted octanol–water partition coefficient (Wildman–Crippen LogP) is 5.17. The van der Waals surface area contributed by atoms with Gasteiger partial charge in [-0.05, 0) is 49.9 Å². The molecule has 0 bridgehead atoms. The van der Waals surface area contributed by atoms with E-state index in [0.29, 0.717) is 11.4 Å². The fraction of sp³-hybridized carbons (Fsp3) is 0.409. The second-order valence-corrected chi connectivity index (χ2v) is 7.17. The van der Waals surface area contributed by atoms with Crippen molar-refractivity contribution in [1.29, 1.82) is 0 Å². The third-order valence-electron chi connectivity index (χ3n) is 5.12. The van der Waals surface area contributed by atoms with E-state index in [-0.39, 0.29) is 38.5 Å². The van der Waals surface area contributed by atoms with Crippen molar-refractivity contribution in [2.24, 2.45) is 0 Å². The third kappa shape index (κ3) is 5.53. The van der Waals surface area contributed by atoms with E-state index >= 15 is 0 Å². The Bertz CT molecular complexity index is 995. The monoisotopic (exact) mass is 435 g/mol. The van der Waals surface area contributed by atoms with Crippen LogP contribution in [0.15, 0.2) is 48.9 Å². The number of halogens is 3. The number of alkyl halides is 3. The van der Waals surface area contributed by atoms with Crippen LogP contribution in [0.4, 0.5) is 19.0 Å². The van der Waals surface area contributed by atoms with Gasteiger partial charge in [-0.3, -0.25) is 14.2 Å². The summed E-state index contributed by atoms with van der Waals surface area (Å²) in [5.41, 5.74) is -0.131. The predicted molar refractivity (Wildman–Crippen MR) is 115 cm³/mol. The standard InChI is InChI=1S/C20H20F3N5O.2CH4/c21-20(22,23)16-12-28-17(4-1-5-18(28)27-16)25-14-6-8-15(9-7-14)26-19(29)13-3-2-10-24-11-13;;/h1-5,10-12,14-15,25H,6-9H2,(H,26,29);2*1H4. The Balaban J connectivity index is 0.00000171. The van der Waals surface area contributed by atoms with Gasteiger partial charge in [0.15, 0.2) is 5.69 Å². The van der Waals surface area contributed by atoms with Crippen LogP contribution in [0.1, 0.15) is 56.6 Å². The number of carbonyl (C=O) groups excluding carboxylic acids is 1.